The van der Waals surface area contributed by atoms with E-state index in [0.29, 0.717) is 24.6 Å². The number of rotatable bonds is 7. The highest BCUT2D eigenvalue weighted by molar-refractivity contribution is 9.10. The van der Waals surface area contributed by atoms with E-state index in [-0.39, 0.29) is 5.91 Å². The Morgan fingerprint density at radius 3 is 2.71 bits per heavy atom. The van der Waals surface area contributed by atoms with Gasteiger partial charge in [0.15, 0.2) is 0 Å². The molecule has 1 unspecified atom stereocenters. The first-order valence-electron chi connectivity index (χ1n) is 7.07. The molecule has 0 heterocycles. The maximum Gasteiger partial charge on any atom is 0.230 e. The average molecular weight is 374 g/mol. The smallest absolute Gasteiger partial charge is 0.230 e. The first kappa shape index (κ1) is 18.5. The first-order chi connectivity index (χ1) is 9.69. The predicted molar refractivity (Wildman–Crippen MR) is 92.7 cm³/mol. The molecule has 118 valence electrons. The predicted octanol–water partition coefficient (Wildman–Crippen LogP) is 3.76. The van der Waals surface area contributed by atoms with Crippen LogP contribution in [0.25, 0.3) is 0 Å². The van der Waals surface area contributed by atoms with E-state index < -0.39 is 5.60 Å². The molecule has 0 aromatic heterocycles. The number of carbonyl (C=O) groups is 1. The molecule has 1 aromatic carbocycles. The van der Waals surface area contributed by atoms with Gasteiger partial charge in [0.2, 0.25) is 5.91 Å². The van der Waals surface area contributed by atoms with Crippen LogP contribution in [0.15, 0.2) is 27.6 Å². The maximum atomic E-state index is 11.9. The van der Waals surface area contributed by atoms with Crippen molar-refractivity contribution in [1.82, 2.24) is 5.32 Å². The molecule has 21 heavy (non-hydrogen) atoms. The zero-order valence-electron chi connectivity index (χ0n) is 13.1. The molecule has 1 atom stereocenters. The summed E-state index contributed by atoms with van der Waals surface area (Å²) in [6.45, 7) is 8.20. The highest BCUT2D eigenvalue weighted by atomic mass is 79.9. The molecule has 1 amide bonds. The summed E-state index contributed by atoms with van der Waals surface area (Å²) in [6.07, 6.45) is 0.673. The lowest BCUT2D eigenvalue weighted by Crippen LogP contribution is -2.42. The lowest BCUT2D eigenvalue weighted by molar-refractivity contribution is -0.119. The molecule has 5 heteroatoms. The fraction of sp³-hybridized carbons (Fsp3) is 0.562. The Kier molecular flexibility index (Phi) is 7.24. The topological polar surface area (TPSA) is 49.3 Å². The molecule has 0 aliphatic rings. The molecule has 0 bridgehead atoms. The first-order valence-corrected chi connectivity index (χ1v) is 8.85. The Balaban J connectivity index is 2.41. The van der Waals surface area contributed by atoms with Crippen molar-refractivity contribution in [2.45, 2.75) is 44.6 Å². The molecule has 0 aliphatic carbocycles. The van der Waals surface area contributed by atoms with Crippen molar-refractivity contribution < 1.29 is 9.90 Å². The number of thioether (sulfide) groups is 1. The lowest BCUT2D eigenvalue weighted by Gasteiger charge is -2.25. The van der Waals surface area contributed by atoms with Gasteiger partial charge in [-0.25, -0.2) is 0 Å². The van der Waals surface area contributed by atoms with Gasteiger partial charge in [-0.15, -0.1) is 11.8 Å². The zero-order chi connectivity index (χ0) is 16.0. The van der Waals surface area contributed by atoms with E-state index in [9.17, 15) is 9.90 Å². The van der Waals surface area contributed by atoms with Crippen LogP contribution in [0, 0.1) is 12.8 Å². The van der Waals surface area contributed by atoms with Gasteiger partial charge in [-0.05, 0) is 49.9 Å². The van der Waals surface area contributed by atoms with Gasteiger partial charge >= 0.3 is 0 Å². The average Bonchev–Trinajstić information content (AvgIpc) is 2.34. The number of aliphatic hydroxyl groups is 1. The fourth-order valence-corrected chi connectivity index (χ4v) is 3.52. The Morgan fingerprint density at radius 2 is 2.14 bits per heavy atom. The summed E-state index contributed by atoms with van der Waals surface area (Å²) in [5, 5.41) is 13.0. The van der Waals surface area contributed by atoms with E-state index in [1.165, 1.54) is 11.8 Å². The highest BCUT2D eigenvalue weighted by Gasteiger charge is 2.22. The maximum absolute atomic E-state index is 11.9. The van der Waals surface area contributed by atoms with E-state index in [2.05, 4.69) is 35.1 Å². The van der Waals surface area contributed by atoms with E-state index in [0.717, 1.165) is 14.9 Å². The molecular formula is C16H24BrNO2S. The number of aryl methyl sites for hydroxylation is 1. The van der Waals surface area contributed by atoms with Crippen molar-refractivity contribution in [3.05, 3.63) is 28.2 Å². The molecule has 0 radical (unpaired) electrons. The minimum atomic E-state index is -0.845. The summed E-state index contributed by atoms with van der Waals surface area (Å²) in [5.74, 6) is 0.711. The van der Waals surface area contributed by atoms with Crippen molar-refractivity contribution >= 4 is 33.6 Å². The van der Waals surface area contributed by atoms with Gasteiger partial charge in [-0.1, -0.05) is 29.8 Å². The monoisotopic (exact) mass is 373 g/mol. The van der Waals surface area contributed by atoms with Crippen molar-refractivity contribution in [1.29, 1.82) is 0 Å². The number of amides is 1. The molecule has 1 rings (SSSR count). The second kappa shape index (κ2) is 8.20. The molecule has 0 aliphatic heterocycles. The van der Waals surface area contributed by atoms with Gasteiger partial charge < -0.3 is 10.4 Å². The van der Waals surface area contributed by atoms with Gasteiger partial charge in [-0.2, -0.15) is 0 Å². The second-order valence-corrected chi connectivity index (χ2v) is 8.00. The van der Waals surface area contributed by atoms with Gasteiger partial charge in [0.05, 0.1) is 11.4 Å². The molecule has 1 aromatic rings. The number of nitrogens with one attached hydrogen (secondary N) is 1. The summed E-state index contributed by atoms with van der Waals surface area (Å²) in [5.41, 5.74) is 0.302. The SMILES string of the molecule is Cc1cc(Br)ccc1SCC(=O)NCC(C)(O)CC(C)C. The third-order valence-electron chi connectivity index (χ3n) is 3.01. The van der Waals surface area contributed by atoms with E-state index in [1.807, 2.05) is 25.1 Å². The third-order valence-corrected chi connectivity index (χ3v) is 4.68. The summed E-state index contributed by atoms with van der Waals surface area (Å²) < 4.78 is 1.04. The molecule has 2 N–H and O–H groups in total. The van der Waals surface area contributed by atoms with Gasteiger partial charge in [-0.3, -0.25) is 4.79 Å². The molecular weight excluding hydrogens is 350 g/mol. The normalized spacial score (nSPS) is 14.0. The van der Waals surface area contributed by atoms with Crippen molar-refractivity contribution in [2.24, 2.45) is 5.92 Å². The van der Waals surface area contributed by atoms with Gasteiger partial charge in [0.1, 0.15) is 0 Å². The number of hydrogen-bond acceptors (Lipinski definition) is 3. The number of carbonyl (C=O) groups excluding carboxylic acids is 1. The van der Waals surface area contributed by atoms with Crippen molar-refractivity contribution in [3.8, 4) is 0 Å². The number of benzene rings is 1. The molecule has 0 saturated heterocycles. The van der Waals surface area contributed by atoms with E-state index in [1.54, 1.807) is 6.92 Å². The van der Waals surface area contributed by atoms with Crippen LogP contribution < -0.4 is 5.32 Å². The van der Waals surface area contributed by atoms with Crippen LogP contribution in [0.4, 0.5) is 0 Å². The fourth-order valence-electron chi connectivity index (χ4n) is 2.21. The van der Waals surface area contributed by atoms with Crippen molar-refractivity contribution in [2.75, 3.05) is 12.3 Å². The standard InChI is InChI=1S/C16H24BrNO2S/c1-11(2)8-16(4,20)10-18-15(19)9-21-14-6-5-13(17)7-12(14)3/h5-7,11,20H,8-10H2,1-4H3,(H,18,19). The third kappa shape index (κ3) is 7.34. The lowest BCUT2D eigenvalue weighted by atomic mass is 9.94. The van der Waals surface area contributed by atoms with Crippen LogP contribution in [-0.2, 0) is 4.79 Å². The minimum Gasteiger partial charge on any atom is -0.388 e. The molecule has 3 nitrogen and oxygen atoms in total. The number of hydrogen-bond donors (Lipinski definition) is 2. The summed E-state index contributed by atoms with van der Waals surface area (Å²) in [4.78, 5) is 13.0. The molecule has 0 spiro atoms. The van der Waals surface area contributed by atoms with Crippen LogP contribution in [0.1, 0.15) is 32.8 Å². The van der Waals surface area contributed by atoms with Gasteiger partial charge in [0, 0.05) is 15.9 Å². The van der Waals surface area contributed by atoms with Crippen LogP contribution >= 0.6 is 27.7 Å². The molecule has 0 saturated carbocycles. The second-order valence-electron chi connectivity index (χ2n) is 6.07. The minimum absolute atomic E-state index is 0.0497. The Labute approximate surface area is 140 Å². The Morgan fingerprint density at radius 1 is 1.48 bits per heavy atom. The largest absolute Gasteiger partial charge is 0.388 e. The molecule has 0 fully saturated rings. The Bertz CT molecular complexity index is 489. The summed E-state index contributed by atoms with van der Waals surface area (Å²) in [7, 11) is 0. The zero-order valence-corrected chi connectivity index (χ0v) is 15.5. The Hall–Kier alpha value is -0.520. The number of halogens is 1. The van der Waals surface area contributed by atoms with E-state index >= 15 is 0 Å². The van der Waals surface area contributed by atoms with Crippen LogP contribution in [0.3, 0.4) is 0 Å². The summed E-state index contributed by atoms with van der Waals surface area (Å²) >= 11 is 4.94. The highest BCUT2D eigenvalue weighted by Crippen LogP contribution is 2.25. The summed E-state index contributed by atoms with van der Waals surface area (Å²) in [6, 6.07) is 6.01. The van der Waals surface area contributed by atoms with Crippen LogP contribution in [0.5, 0.6) is 0 Å². The van der Waals surface area contributed by atoms with E-state index in [4.69, 9.17) is 0 Å². The van der Waals surface area contributed by atoms with Gasteiger partial charge in [0.25, 0.3) is 0 Å². The van der Waals surface area contributed by atoms with Crippen molar-refractivity contribution in [3.63, 3.8) is 0 Å². The quantitative estimate of drug-likeness (QED) is 0.715. The van der Waals surface area contributed by atoms with Crippen LogP contribution in [-0.4, -0.2) is 28.9 Å². The van der Waals surface area contributed by atoms with Crippen LogP contribution in [0.2, 0.25) is 0 Å².